The van der Waals surface area contributed by atoms with E-state index >= 15 is 0 Å². The summed E-state index contributed by atoms with van der Waals surface area (Å²) < 4.78 is 12.9. The number of benzene rings is 2. The molecule has 12 nitrogen and oxygen atoms in total. The molecular formula is C39H50ClN3O9S. The Balaban J connectivity index is 1.17. The van der Waals surface area contributed by atoms with Crippen LogP contribution in [0.4, 0.5) is 0 Å². The van der Waals surface area contributed by atoms with Gasteiger partial charge in [-0.05, 0) is 86.2 Å². The molecule has 5 rings (SSSR count). The first kappa shape index (κ1) is 40.9. The molecule has 2 amide bonds. The van der Waals surface area contributed by atoms with E-state index < -0.39 is 36.6 Å². The number of para-hydroxylation sites is 1. The van der Waals surface area contributed by atoms with Crippen molar-refractivity contribution < 1.29 is 44.6 Å². The molecule has 2 aliphatic carbocycles. The van der Waals surface area contributed by atoms with Crippen LogP contribution >= 0.6 is 23.4 Å². The number of hydrogen-bond donors (Lipinski definition) is 6. The van der Waals surface area contributed by atoms with Gasteiger partial charge in [-0.15, -0.1) is 11.8 Å². The molecule has 14 heteroatoms. The third-order valence-corrected chi connectivity index (χ3v) is 10.9. The van der Waals surface area contributed by atoms with Crippen LogP contribution in [0.3, 0.4) is 0 Å². The van der Waals surface area contributed by atoms with Crippen molar-refractivity contribution in [3.05, 3.63) is 77.1 Å². The van der Waals surface area contributed by atoms with E-state index in [0.717, 1.165) is 58.6 Å². The summed E-state index contributed by atoms with van der Waals surface area (Å²) in [4.78, 5) is 32.0. The average Bonchev–Trinajstić information content (AvgIpc) is 4.12. The van der Waals surface area contributed by atoms with Crippen LogP contribution in [0.1, 0.15) is 63.0 Å². The van der Waals surface area contributed by atoms with Gasteiger partial charge in [0.05, 0.1) is 24.9 Å². The highest BCUT2D eigenvalue weighted by Crippen LogP contribution is 2.53. The van der Waals surface area contributed by atoms with Gasteiger partial charge in [0, 0.05) is 65.9 Å². The van der Waals surface area contributed by atoms with E-state index in [9.17, 15) is 30.0 Å². The topological polar surface area (TPSA) is 182 Å². The molecule has 1 heterocycles. The number of pyridine rings is 1. The Labute approximate surface area is 319 Å². The lowest BCUT2D eigenvalue weighted by molar-refractivity contribution is -0.140. The normalized spacial score (nSPS) is 17.0. The molecular weight excluding hydrogens is 722 g/mol. The van der Waals surface area contributed by atoms with E-state index in [4.69, 9.17) is 26.2 Å². The molecule has 0 radical (unpaired) electrons. The third kappa shape index (κ3) is 11.4. The minimum absolute atomic E-state index is 0.0104. The molecule has 2 saturated carbocycles. The van der Waals surface area contributed by atoms with Crippen molar-refractivity contribution in [3.63, 3.8) is 0 Å². The molecule has 2 aromatic carbocycles. The van der Waals surface area contributed by atoms with Gasteiger partial charge in [-0.2, -0.15) is 0 Å². The molecule has 0 spiro atoms. The minimum Gasteiger partial charge on any atom is -0.490 e. The maximum atomic E-state index is 13.2. The molecule has 0 saturated heterocycles. The van der Waals surface area contributed by atoms with Crippen molar-refractivity contribution in [2.75, 3.05) is 32.0 Å². The number of aliphatic hydroxyl groups is 5. The quantitative estimate of drug-likeness (QED) is 0.0646. The van der Waals surface area contributed by atoms with Crippen LogP contribution in [-0.2, 0) is 26.5 Å². The van der Waals surface area contributed by atoms with Crippen molar-refractivity contribution in [2.24, 2.45) is 0 Å². The van der Waals surface area contributed by atoms with Gasteiger partial charge >= 0.3 is 0 Å². The molecule has 4 atom stereocenters. The van der Waals surface area contributed by atoms with Gasteiger partial charge in [0.2, 0.25) is 11.8 Å². The fraction of sp³-hybridized carbons (Fsp3) is 0.513. The second-order valence-corrected chi connectivity index (χ2v) is 15.1. The van der Waals surface area contributed by atoms with Crippen LogP contribution in [0.5, 0.6) is 5.75 Å². The lowest BCUT2D eigenvalue weighted by Gasteiger charge is -2.30. The van der Waals surface area contributed by atoms with E-state index in [1.807, 2.05) is 48.7 Å². The SMILES string of the molecule is CCNC(=O)CCN(C[C@H](O)[C@@H](O)[C@H](O)[C@H](O)CO)C(=O)CCCSc1ccc(Cl)c(COC2(c3cnccc3-c3ccccc3OC3CC3)CC2)c1. The van der Waals surface area contributed by atoms with E-state index in [0.29, 0.717) is 30.3 Å². The van der Waals surface area contributed by atoms with Gasteiger partial charge < -0.3 is 45.2 Å². The van der Waals surface area contributed by atoms with Gasteiger partial charge in [0.15, 0.2) is 0 Å². The Morgan fingerprint density at radius 1 is 1.04 bits per heavy atom. The van der Waals surface area contributed by atoms with Gasteiger partial charge in [-0.3, -0.25) is 14.6 Å². The molecule has 288 valence electrons. The zero-order valence-electron chi connectivity index (χ0n) is 29.9. The first-order valence-electron chi connectivity index (χ1n) is 18.2. The van der Waals surface area contributed by atoms with E-state index in [2.05, 4.69) is 16.4 Å². The highest BCUT2D eigenvalue weighted by molar-refractivity contribution is 7.99. The number of aliphatic hydroxyl groups excluding tert-OH is 5. The number of nitrogens with one attached hydrogen (secondary N) is 1. The van der Waals surface area contributed by atoms with Crippen LogP contribution in [-0.4, -0.2) is 110 Å². The van der Waals surface area contributed by atoms with Crippen LogP contribution in [0.15, 0.2) is 65.8 Å². The lowest BCUT2D eigenvalue weighted by atomic mass is 9.96. The predicted octanol–water partition coefficient (Wildman–Crippen LogP) is 3.81. The maximum Gasteiger partial charge on any atom is 0.222 e. The Kier molecular flexibility index (Phi) is 14.9. The van der Waals surface area contributed by atoms with Crippen molar-refractivity contribution in [2.45, 2.75) is 99.5 Å². The fourth-order valence-corrected chi connectivity index (χ4v) is 7.12. The monoisotopic (exact) mass is 771 g/mol. The zero-order chi connectivity index (χ0) is 38.0. The summed E-state index contributed by atoms with van der Waals surface area (Å²) in [5.74, 6) is 0.850. The van der Waals surface area contributed by atoms with Gasteiger partial charge in [0.1, 0.15) is 30.2 Å². The summed E-state index contributed by atoms with van der Waals surface area (Å²) in [5.41, 5.74) is 3.47. The summed E-state index contributed by atoms with van der Waals surface area (Å²) >= 11 is 8.19. The van der Waals surface area contributed by atoms with Crippen molar-refractivity contribution in [3.8, 4) is 16.9 Å². The van der Waals surface area contributed by atoms with Crippen molar-refractivity contribution in [1.82, 2.24) is 15.2 Å². The second-order valence-electron chi connectivity index (χ2n) is 13.6. The molecule has 0 bridgehead atoms. The Morgan fingerprint density at radius 2 is 1.79 bits per heavy atom. The van der Waals surface area contributed by atoms with E-state index in [1.54, 1.807) is 24.9 Å². The fourth-order valence-electron chi connectivity index (χ4n) is 6.03. The van der Waals surface area contributed by atoms with Gasteiger partial charge in [-0.1, -0.05) is 29.8 Å². The average molecular weight is 772 g/mol. The van der Waals surface area contributed by atoms with Crippen LogP contribution in [0.25, 0.3) is 11.1 Å². The Hall–Kier alpha value is -3.27. The van der Waals surface area contributed by atoms with Gasteiger partial charge in [-0.25, -0.2) is 0 Å². The summed E-state index contributed by atoms with van der Waals surface area (Å²) in [6.45, 7) is 1.31. The largest absolute Gasteiger partial charge is 0.490 e. The third-order valence-electron chi connectivity index (χ3n) is 9.40. The lowest BCUT2D eigenvalue weighted by Crippen LogP contribution is -2.51. The molecule has 3 aromatic rings. The molecule has 0 aliphatic heterocycles. The second kappa shape index (κ2) is 19.4. The highest BCUT2D eigenvalue weighted by atomic mass is 35.5. The summed E-state index contributed by atoms with van der Waals surface area (Å²) in [6.07, 6.45) is 1.48. The van der Waals surface area contributed by atoms with Gasteiger partial charge in [0.25, 0.3) is 0 Å². The number of carbonyl (C=O) groups is 2. The minimum atomic E-state index is -1.82. The first-order chi connectivity index (χ1) is 25.5. The van der Waals surface area contributed by atoms with Crippen molar-refractivity contribution >= 4 is 35.2 Å². The van der Waals surface area contributed by atoms with Crippen LogP contribution < -0.4 is 10.1 Å². The number of rotatable bonds is 22. The number of carbonyl (C=O) groups excluding carboxylic acids is 2. The predicted molar refractivity (Wildman–Crippen MR) is 201 cm³/mol. The van der Waals surface area contributed by atoms with E-state index in [-0.39, 0.29) is 43.8 Å². The molecule has 53 heavy (non-hydrogen) atoms. The smallest absolute Gasteiger partial charge is 0.222 e. The number of aromatic nitrogens is 1. The Bertz CT molecular complexity index is 1670. The molecule has 2 aliphatic rings. The van der Waals surface area contributed by atoms with Crippen molar-refractivity contribution in [1.29, 1.82) is 0 Å². The zero-order valence-corrected chi connectivity index (χ0v) is 31.5. The number of nitrogens with zero attached hydrogens (tertiary/aromatic N) is 2. The summed E-state index contributed by atoms with van der Waals surface area (Å²) in [7, 11) is 0. The Morgan fingerprint density at radius 3 is 2.51 bits per heavy atom. The number of amides is 2. The summed E-state index contributed by atoms with van der Waals surface area (Å²) in [6, 6.07) is 15.9. The number of thioether (sulfide) groups is 1. The maximum absolute atomic E-state index is 13.2. The van der Waals surface area contributed by atoms with Crippen LogP contribution in [0, 0.1) is 0 Å². The number of hydrogen-bond acceptors (Lipinski definition) is 11. The highest BCUT2D eigenvalue weighted by Gasteiger charge is 2.48. The first-order valence-corrected chi connectivity index (χ1v) is 19.5. The number of ether oxygens (including phenoxy) is 2. The number of halogens is 1. The van der Waals surface area contributed by atoms with E-state index in [1.165, 1.54) is 4.90 Å². The molecule has 1 aromatic heterocycles. The standard InChI is InChI=1S/C39H50ClN3O9S/c1-2-42-35(47)14-18-43(22-32(45)37(49)38(50)33(46)23-44)36(48)8-5-19-53-27-11-12-31(40)25(20-27)24-51-39(15-16-39)30-21-41-17-13-28(30)29-6-3-4-7-34(29)52-26-9-10-26/h3-4,6-7,11-13,17,20-21,26,32-33,37-38,44-46,49-50H,2,5,8-10,14-16,18-19,22-24H2,1H3,(H,42,47)/t32-,33+,37+,38+/m0/s1. The molecule has 0 unspecified atom stereocenters. The molecule has 2 fully saturated rings. The molecule has 6 N–H and O–H groups in total. The summed E-state index contributed by atoms with van der Waals surface area (Å²) in [5, 5.41) is 52.8. The van der Waals surface area contributed by atoms with Crippen LogP contribution in [0.2, 0.25) is 5.02 Å².